The molecule has 1 N–H and O–H groups in total. The highest BCUT2D eigenvalue weighted by Gasteiger charge is 2.26. The van der Waals surface area contributed by atoms with Gasteiger partial charge >= 0.3 is 0 Å². The molecule has 1 aromatic carbocycles. The molecule has 0 aliphatic carbocycles. The molecule has 1 atom stereocenters. The Labute approximate surface area is 91.6 Å². The van der Waals surface area contributed by atoms with Crippen LogP contribution in [0.4, 0.5) is 0 Å². The molecular formula is C13H19NO. The van der Waals surface area contributed by atoms with E-state index in [-0.39, 0.29) is 5.54 Å². The van der Waals surface area contributed by atoms with Crippen LogP contribution >= 0.6 is 0 Å². The lowest BCUT2D eigenvalue weighted by Crippen LogP contribution is -2.43. The summed E-state index contributed by atoms with van der Waals surface area (Å²) in [6.45, 7) is 6.37. The normalized spacial score (nSPS) is 20.3. The van der Waals surface area contributed by atoms with Gasteiger partial charge in [0.2, 0.25) is 0 Å². The van der Waals surface area contributed by atoms with Gasteiger partial charge in [-0.15, -0.1) is 0 Å². The lowest BCUT2D eigenvalue weighted by Gasteiger charge is -2.26. The van der Waals surface area contributed by atoms with E-state index >= 15 is 0 Å². The highest BCUT2D eigenvalue weighted by atomic mass is 16.6. The average Bonchev–Trinajstić information content (AvgIpc) is 2.99. The van der Waals surface area contributed by atoms with E-state index in [4.69, 9.17) is 4.74 Å². The summed E-state index contributed by atoms with van der Waals surface area (Å²) in [5.41, 5.74) is 1.53. The molecule has 0 radical (unpaired) electrons. The number of ether oxygens (including phenoxy) is 1. The maximum atomic E-state index is 5.19. The highest BCUT2D eigenvalue weighted by Crippen LogP contribution is 2.14. The van der Waals surface area contributed by atoms with Crippen molar-refractivity contribution in [3.8, 4) is 0 Å². The van der Waals surface area contributed by atoms with Crippen molar-refractivity contribution in [2.75, 3.05) is 13.2 Å². The Kier molecular flexibility index (Phi) is 3.08. The fourth-order valence-electron chi connectivity index (χ4n) is 1.74. The molecule has 0 saturated carbocycles. The van der Waals surface area contributed by atoms with Gasteiger partial charge in [0.25, 0.3) is 0 Å². The van der Waals surface area contributed by atoms with Crippen LogP contribution in [0.5, 0.6) is 0 Å². The van der Waals surface area contributed by atoms with Crippen molar-refractivity contribution in [3.63, 3.8) is 0 Å². The third-order valence-corrected chi connectivity index (χ3v) is 2.70. The van der Waals surface area contributed by atoms with Crippen molar-refractivity contribution in [2.45, 2.75) is 31.9 Å². The molecule has 1 unspecified atom stereocenters. The van der Waals surface area contributed by atoms with Crippen LogP contribution in [0, 0.1) is 0 Å². The first-order valence-corrected chi connectivity index (χ1v) is 5.56. The molecular weight excluding hydrogens is 186 g/mol. The number of nitrogens with one attached hydrogen (secondary N) is 1. The summed E-state index contributed by atoms with van der Waals surface area (Å²) in [5, 5.41) is 3.54. The van der Waals surface area contributed by atoms with Gasteiger partial charge in [0, 0.05) is 12.1 Å². The Balaban J connectivity index is 1.85. The predicted molar refractivity (Wildman–Crippen MR) is 62.0 cm³/mol. The summed E-state index contributed by atoms with van der Waals surface area (Å²) in [6.07, 6.45) is 1.51. The van der Waals surface area contributed by atoms with Gasteiger partial charge in [0.1, 0.15) is 0 Å². The number of benzene rings is 1. The third kappa shape index (κ3) is 3.65. The van der Waals surface area contributed by atoms with Crippen LogP contribution in [-0.2, 0) is 11.2 Å². The van der Waals surface area contributed by atoms with Gasteiger partial charge in [-0.2, -0.15) is 0 Å². The molecule has 1 aliphatic heterocycles. The van der Waals surface area contributed by atoms with E-state index in [1.165, 1.54) is 5.56 Å². The summed E-state index contributed by atoms with van der Waals surface area (Å²) >= 11 is 0. The largest absolute Gasteiger partial charge is 0.372 e. The van der Waals surface area contributed by atoms with Crippen molar-refractivity contribution in [1.29, 1.82) is 0 Å². The van der Waals surface area contributed by atoms with Gasteiger partial charge < -0.3 is 10.1 Å². The molecule has 2 nitrogen and oxygen atoms in total. The van der Waals surface area contributed by atoms with Crippen LogP contribution in [0.1, 0.15) is 19.4 Å². The second-order valence-electron chi connectivity index (χ2n) is 4.88. The number of epoxide rings is 1. The van der Waals surface area contributed by atoms with E-state index < -0.39 is 0 Å². The molecule has 15 heavy (non-hydrogen) atoms. The Bertz CT molecular complexity index is 304. The first kappa shape index (κ1) is 10.7. The van der Waals surface area contributed by atoms with E-state index in [0.717, 1.165) is 19.6 Å². The molecule has 1 fully saturated rings. The van der Waals surface area contributed by atoms with E-state index in [1.807, 2.05) is 0 Å². The smallest absolute Gasteiger partial charge is 0.0934 e. The minimum Gasteiger partial charge on any atom is -0.372 e. The molecule has 82 valence electrons. The maximum absolute atomic E-state index is 5.19. The van der Waals surface area contributed by atoms with Gasteiger partial charge in [-0.1, -0.05) is 30.3 Å². The van der Waals surface area contributed by atoms with Gasteiger partial charge in [0.15, 0.2) is 0 Å². The molecule has 1 aliphatic rings. The number of hydrogen-bond donors (Lipinski definition) is 1. The molecule has 2 rings (SSSR count). The summed E-state index contributed by atoms with van der Waals surface area (Å²) in [5.74, 6) is 0. The quantitative estimate of drug-likeness (QED) is 0.744. The lowest BCUT2D eigenvalue weighted by molar-refractivity contribution is 0.338. The number of hydrogen-bond acceptors (Lipinski definition) is 2. The van der Waals surface area contributed by atoms with Crippen LogP contribution in [-0.4, -0.2) is 24.8 Å². The monoisotopic (exact) mass is 205 g/mol. The molecule has 1 heterocycles. The zero-order chi connectivity index (χ0) is 10.7. The summed E-state index contributed by atoms with van der Waals surface area (Å²) < 4.78 is 5.19. The molecule has 2 heteroatoms. The summed E-state index contributed by atoms with van der Waals surface area (Å²) in [7, 11) is 0. The Morgan fingerprint density at radius 1 is 1.33 bits per heavy atom. The first-order valence-electron chi connectivity index (χ1n) is 5.56. The van der Waals surface area contributed by atoms with Gasteiger partial charge in [-0.25, -0.2) is 0 Å². The molecule has 0 spiro atoms. The minimum atomic E-state index is 0.146. The van der Waals surface area contributed by atoms with Crippen LogP contribution in [0.25, 0.3) is 0 Å². The standard InChI is InChI=1S/C13H19NO/c1-13(2,14-9-12-10-15-12)8-11-6-4-3-5-7-11/h3-7,12,14H,8-10H2,1-2H3. The average molecular weight is 205 g/mol. The molecule has 1 aromatic rings. The van der Waals surface area contributed by atoms with Gasteiger partial charge in [-0.3, -0.25) is 0 Å². The molecule has 1 saturated heterocycles. The Morgan fingerprint density at radius 3 is 2.60 bits per heavy atom. The van der Waals surface area contributed by atoms with Crippen LogP contribution in [0.2, 0.25) is 0 Å². The topological polar surface area (TPSA) is 24.6 Å². The zero-order valence-electron chi connectivity index (χ0n) is 9.49. The fraction of sp³-hybridized carbons (Fsp3) is 0.538. The van der Waals surface area contributed by atoms with Crippen molar-refractivity contribution in [2.24, 2.45) is 0 Å². The molecule has 0 aromatic heterocycles. The zero-order valence-corrected chi connectivity index (χ0v) is 9.49. The van der Waals surface area contributed by atoms with Crippen molar-refractivity contribution in [3.05, 3.63) is 35.9 Å². The van der Waals surface area contributed by atoms with Crippen LogP contribution < -0.4 is 5.32 Å². The van der Waals surface area contributed by atoms with E-state index in [2.05, 4.69) is 49.5 Å². The number of rotatable bonds is 5. The third-order valence-electron chi connectivity index (χ3n) is 2.70. The minimum absolute atomic E-state index is 0.146. The van der Waals surface area contributed by atoms with Gasteiger partial charge in [0.05, 0.1) is 12.7 Å². The van der Waals surface area contributed by atoms with E-state index in [1.54, 1.807) is 0 Å². The van der Waals surface area contributed by atoms with Crippen molar-refractivity contribution in [1.82, 2.24) is 5.32 Å². The van der Waals surface area contributed by atoms with Gasteiger partial charge in [-0.05, 0) is 25.8 Å². The predicted octanol–water partition coefficient (Wildman–Crippen LogP) is 2.00. The first-order chi connectivity index (χ1) is 7.16. The van der Waals surface area contributed by atoms with E-state index in [0.29, 0.717) is 6.10 Å². The maximum Gasteiger partial charge on any atom is 0.0934 e. The molecule has 0 bridgehead atoms. The Hall–Kier alpha value is -0.860. The SMILES string of the molecule is CC(C)(Cc1ccccc1)NCC1CO1. The molecule has 0 amide bonds. The van der Waals surface area contributed by atoms with Crippen molar-refractivity contribution >= 4 is 0 Å². The summed E-state index contributed by atoms with van der Waals surface area (Å²) in [6, 6.07) is 10.6. The lowest BCUT2D eigenvalue weighted by atomic mass is 9.95. The van der Waals surface area contributed by atoms with Crippen LogP contribution in [0.15, 0.2) is 30.3 Å². The highest BCUT2D eigenvalue weighted by molar-refractivity contribution is 5.17. The van der Waals surface area contributed by atoms with Crippen LogP contribution in [0.3, 0.4) is 0 Å². The van der Waals surface area contributed by atoms with E-state index in [9.17, 15) is 0 Å². The Morgan fingerprint density at radius 2 is 2.00 bits per heavy atom. The second kappa shape index (κ2) is 4.33. The fourth-order valence-corrected chi connectivity index (χ4v) is 1.74. The second-order valence-corrected chi connectivity index (χ2v) is 4.88. The summed E-state index contributed by atoms with van der Waals surface area (Å²) in [4.78, 5) is 0. The van der Waals surface area contributed by atoms with Crippen molar-refractivity contribution < 1.29 is 4.74 Å².